The van der Waals surface area contributed by atoms with Crippen LogP contribution in [0.25, 0.3) is 10.3 Å². The van der Waals surface area contributed by atoms with Gasteiger partial charge in [0.2, 0.25) is 0 Å². The van der Waals surface area contributed by atoms with Gasteiger partial charge >= 0.3 is 11.6 Å². The molecule has 0 unspecified atom stereocenters. The molecule has 1 aromatic carbocycles. The smallest absolute Gasteiger partial charge is 0.351 e. The molecule has 0 saturated heterocycles. The minimum atomic E-state index is -0.785. The molecule has 0 spiro atoms. The maximum Gasteiger partial charge on any atom is 0.351 e. The van der Waals surface area contributed by atoms with Crippen LogP contribution in [0.15, 0.2) is 45.6 Å². The highest BCUT2D eigenvalue weighted by Gasteiger charge is 2.21. The van der Waals surface area contributed by atoms with Crippen molar-refractivity contribution in [2.24, 2.45) is 0 Å². The molecule has 0 fully saturated rings. The second-order valence-corrected chi connectivity index (χ2v) is 6.38. The number of hydrogen-bond donors (Lipinski definition) is 0. The van der Waals surface area contributed by atoms with Crippen LogP contribution in [-0.2, 0) is 4.74 Å². The Morgan fingerprint density at radius 2 is 1.85 bits per heavy atom. The summed E-state index contributed by atoms with van der Waals surface area (Å²) in [5.74, 6) is -0.580. The van der Waals surface area contributed by atoms with Gasteiger partial charge in [-0.05, 0) is 18.2 Å². The summed E-state index contributed by atoms with van der Waals surface area (Å²) in [6.45, 7) is 0. The molecule has 3 aromatic rings. The summed E-state index contributed by atoms with van der Waals surface area (Å²) in [6, 6.07) is 9.88. The Morgan fingerprint density at radius 1 is 1.12 bits per heavy atom. The van der Waals surface area contributed by atoms with E-state index in [0.717, 1.165) is 0 Å². The lowest BCUT2D eigenvalue weighted by molar-refractivity contribution is 0.0596. The minimum absolute atomic E-state index is 0.188. The maximum absolute atomic E-state index is 12.8. The van der Waals surface area contributed by atoms with Crippen molar-refractivity contribution in [3.8, 4) is 5.75 Å². The van der Waals surface area contributed by atoms with Crippen LogP contribution in [0.3, 0.4) is 0 Å². The van der Waals surface area contributed by atoms with Crippen molar-refractivity contribution >= 4 is 38.5 Å². The molecule has 0 bridgehead atoms. The molecule has 3 rings (SSSR count). The van der Waals surface area contributed by atoms with E-state index in [2.05, 4.69) is 4.74 Å². The first-order chi connectivity index (χ1) is 12.5. The van der Waals surface area contributed by atoms with Gasteiger partial charge in [0.15, 0.2) is 5.58 Å². The molecule has 0 aliphatic carbocycles. The number of carbonyl (C=O) groups is 2. The van der Waals surface area contributed by atoms with Crippen molar-refractivity contribution in [1.29, 1.82) is 0 Å². The van der Waals surface area contributed by atoms with Gasteiger partial charge in [-0.2, -0.15) is 0 Å². The minimum Gasteiger partial charge on any atom is -0.496 e. The van der Waals surface area contributed by atoms with Crippen LogP contribution in [0.5, 0.6) is 5.75 Å². The zero-order valence-electron chi connectivity index (χ0n) is 14.3. The van der Waals surface area contributed by atoms with Crippen molar-refractivity contribution in [1.82, 2.24) is 0 Å². The standard InChI is InChI=1S/C18H15NO6S/c1-19(16(20)10-6-4-5-7-12(10)23-2)15-9-13-14(26-15)8-11(17(21)24-3)18(22)25-13/h4-9H,1-3H3. The monoisotopic (exact) mass is 373 g/mol. The van der Waals surface area contributed by atoms with E-state index >= 15 is 0 Å². The van der Waals surface area contributed by atoms with E-state index in [1.165, 1.54) is 36.5 Å². The summed E-state index contributed by atoms with van der Waals surface area (Å²) < 4.78 is 15.5. The fourth-order valence-electron chi connectivity index (χ4n) is 2.42. The molecule has 0 aliphatic heterocycles. The number of hydrogen-bond acceptors (Lipinski definition) is 7. The van der Waals surface area contributed by atoms with Crippen molar-refractivity contribution in [3.63, 3.8) is 0 Å². The van der Waals surface area contributed by atoms with Crippen molar-refractivity contribution < 1.29 is 23.5 Å². The summed E-state index contributed by atoms with van der Waals surface area (Å²) in [5, 5.41) is 0.557. The number of methoxy groups -OCH3 is 2. The van der Waals surface area contributed by atoms with Gasteiger partial charge in [0.25, 0.3) is 5.91 Å². The molecule has 0 radical (unpaired) electrons. The van der Waals surface area contributed by atoms with Crippen LogP contribution in [0.1, 0.15) is 20.7 Å². The molecule has 0 N–H and O–H groups in total. The summed E-state index contributed by atoms with van der Waals surface area (Å²) in [6.07, 6.45) is 0. The Morgan fingerprint density at radius 3 is 2.54 bits per heavy atom. The molecule has 1 amide bonds. The van der Waals surface area contributed by atoms with E-state index in [1.807, 2.05) is 0 Å². The molecule has 7 nitrogen and oxygen atoms in total. The lowest BCUT2D eigenvalue weighted by Gasteiger charge is -2.16. The molecule has 8 heteroatoms. The van der Waals surface area contributed by atoms with Crippen LogP contribution < -0.4 is 15.3 Å². The molecule has 0 atom stereocenters. The van der Waals surface area contributed by atoms with Gasteiger partial charge in [0.05, 0.1) is 24.5 Å². The van der Waals surface area contributed by atoms with Gasteiger partial charge in [0, 0.05) is 13.1 Å². The Hall–Kier alpha value is -3.13. The molecule has 2 heterocycles. The highest BCUT2D eigenvalue weighted by atomic mass is 32.1. The van der Waals surface area contributed by atoms with Crippen LogP contribution in [-0.4, -0.2) is 33.1 Å². The average molecular weight is 373 g/mol. The van der Waals surface area contributed by atoms with E-state index < -0.39 is 11.6 Å². The molecular formula is C18H15NO6S. The van der Waals surface area contributed by atoms with Crippen LogP contribution in [0, 0.1) is 0 Å². The van der Waals surface area contributed by atoms with Crippen LogP contribution in [0.2, 0.25) is 0 Å². The van der Waals surface area contributed by atoms with Gasteiger partial charge < -0.3 is 18.8 Å². The lowest BCUT2D eigenvalue weighted by atomic mass is 10.2. The van der Waals surface area contributed by atoms with Gasteiger partial charge in [-0.3, -0.25) is 4.79 Å². The number of thiophene rings is 1. The van der Waals surface area contributed by atoms with Gasteiger partial charge in [0.1, 0.15) is 16.3 Å². The number of fused-ring (bicyclic) bond motifs is 1. The first-order valence-corrected chi connectivity index (χ1v) is 8.35. The quantitative estimate of drug-likeness (QED) is 0.654. The van der Waals surface area contributed by atoms with Crippen molar-refractivity contribution in [2.45, 2.75) is 0 Å². The lowest BCUT2D eigenvalue weighted by Crippen LogP contribution is -2.25. The van der Waals surface area contributed by atoms with Crippen molar-refractivity contribution in [3.05, 3.63) is 57.9 Å². The van der Waals surface area contributed by atoms with Gasteiger partial charge in [-0.15, -0.1) is 11.3 Å². The number of carbonyl (C=O) groups excluding carboxylic acids is 2. The second kappa shape index (κ2) is 7.01. The van der Waals surface area contributed by atoms with E-state index in [4.69, 9.17) is 9.15 Å². The number of anilines is 1. The Bertz CT molecular complexity index is 1050. The number of esters is 1. The maximum atomic E-state index is 12.8. The highest BCUT2D eigenvalue weighted by Crippen LogP contribution is 2.33. The van der Waals surface area contributed by atoms with E-state index in [9.17, 15) is 14.4 Å². The Labute approximate surface area is 152 Å². The number of nitrogens with zero attached hydrogens (tertiary/aromatic N) is 1. The topological polar surface area (TPSA) is 86.1 Å². The third-order valence-electron chi connectivity index (χ3n) is 3.79. The van der Waals surface area contributed by atoms with E-state index in [0.29, 0.717) is 26.6 Å². The number of amides is 1. The predicted octanol–water partition coefficient (Wildman–Crippen LogP) is 2.93. The largest absolute Gasteiger partial charge is 0.496 e. The second-order valence-electron chi connectivity index (χ2n) is 5.32. The molecule has 0 saturated carbocycles. The first kappa shape index (κ1) is 17.7. The number of ether oxygens (including phenoxy) is 2. The fraction of sp³-hybridized carbons (Fsp3) is 0.167. The van der Waals surface area contributed by atoms with Gasteiger partial charge in [-0.1, -0.05) is 12.1 Å². The third kappa shape index (κ3) is 3.06. The normalized spacial score (nSPS) is 10.6. The summed E-state index contributed by atoms with van der Waals surface area (Å²) >= 11 is 1.22. The number of rotatable bonds is 4. The fourth-order valence-corrected chi connectivity index (χ4v) is 3.41. The first-order valence-electron chi connectivity index (χ1n) is 7.53. The summed E-state index contributed by atoms with van der Waals surface area (Å²) in [4.78, 5) is 37.7. The van der Waals surface area contributed by atoms with E-state index in [1.54, 1.807) is 37.4 Å². The molecule has 2 aromatic heterocycles. The molecule has 134 valence electrons. The average Bonchev–Trinajstić information content (AvgIpc) is 3.08. The highest BCUT2D eigenvalue weighted by molar-refractivity contribution is 7.22. The molecule has 26 heavy (non-hydrogen) atoms. The number of para-hydroxylation sites is 1. The summed E-state index contributed by atoms with van der Waals surface area (Å²) in [5.41, 5.74) is -0.270. The molecule has 0 aliphatic rings. The zero-order chi connectivity index (χ0) is 18.8. The Balaban J connectivity index is 2.01. The van der Waals surface area contributed by atoms with Gasteiger partial charge in [-0.25, -0.2) is 9.59 Å². The van der Waals surface area contributed by atoms with E-state index in [-0.39, 0.29) is 11.5 Å². The number of benzene rings is 1. The predicted molar refractivity (Wildman–Crippen MR) is 97.4 cm³/mol. The third-order valence-corrected chi connectivity index (χ3v) is 4.93. The van der Waals surface area contributed by atoms with Crippen LogP contribution in [0.4, 0.5) is 5.00 Å². The SMILES string of the molecule is COC(=O)c1cc2sc(N(C)C(=O)c3ccccc3OC)cc2oc1=O. The zero-order valence-corrected chi connectivity index (χ0v) is 15.1. The van der Waals surface area contributed by atoms with Crippen LogP contribution >= 0.6 is 11.3 Å². The van der Waals surface area contributed by atoms with Crippen molar-refractivity contribution in [2.75, 3.05) is 26.2 Å². The molecular weight excluding hydrogens is 358 g/mol. The summed E-state index contributed by atoms with van der Waals surface area (Å²) in [7, 11) is 4.29. The Kier molecular flexibility index (Phi) is 4.77.